The first-order valence-corrected chi connectivity index (χ1v) is 12.1. The van der Waals surface area contributed by atoms with Crippen molar-refractivity contribution in [3.8, 4) is 5.69 Å². The number of hydrogen-bond acceptors (Lipinski definition) is 6. The number of rotatable bonds is 6. The van der Waals surface area contributed by atoms with Crippen molar-refractivity contribution in [3.63, 3.8) is 0 Å². The molecule has 1 aromatic heterocycles. The summed E-state index contributed by atoms with van der Waals surface area (Å²) in [4.78, 5) is 24.8. The van der Waals surface area contributed by atoms with E-state index in [-0.39, 0.29) is 23.9 Å². The molecule has 0 spiro atoms. The van der Waals surface area contributed by atoms with Crippen LogP contribution < -0.4 is 10.6 Å². The predicted octanol–water partition coefficient (Wildman–Crippen LogP) is 3.25. The van der Waals surface area contributed by atoms with E-state index < -0.39 is 0 Å². The van der Waals surface area contributed by atoms with Crippen LogP contribution in [0.4, 0.5) is 4.79 Å². The van der Waals surface area contributed by atoms with E-state index in [4.69, 9.17) is 0 Å². The van der Waals surface area contributed by atoms with Gasteiger partial charge in [-0.3, -0.25) is 10.1 Å². The topological polar surface area (TPSA) is 102 Å². The molecule has 0 unspecified atom stereocenters. The van der Waals surface area contributed by atoms with E-state index in [1.165, 1.54) is 31.0 Å². The maximum absolute atomic E-state index is 12.5. The average Bonchev–Trinajstić information content (AvgIpc) is 3.15. The van der Waals surface area contributed by atoms with Crippen LogP contribution in [0.2, 0.25) is 0 Å². The fourth-order valence-corrected chi connectivity index (χ4v) is 6.91. The molecule has 164 valence electrons. The second-order valence-electron chi connectivity index (χ2n) is 9.51. The Morgan fingerprint density at radius 2 is 1.74 bits per heavy atom. The average molecular weight is 441 g/mol. The lowest BCUT2D eigenvalue weighted by Gasteiger charge is -2.56. The lowest BCUT2D eigenvalue weighted by Crippen LogP contribution is -2.61. The van der Waals surface area contributed by atoms with E-state index in [0.29, 0.717) is 10.9 Å². The van der Waals surface area contributed by atoms with Crippen molar-refractivity contribution in [2.45, 2.75) is 62.6 Å². The largest absolute Gasteiger partial charge is 0.332 e. The fraction of sp³-hybridized carbons (Fsp3) is 0.591. The van der Waals surface area contributed by atoms with Crippen LogP contribution in [-0.4, -0.2) is 43.4 Å². The van der Waals surface area contributed by atoms with Gasteiger partial charge in [0.25, 0.3) is 0 Å². The van der Waals surface area contributed by atoms with Crippen molar-refractivity contribution >= 4 is 23.7 Å². The molecule has 4 aliphatic carbocycles. The van der Waals surface area contributed by atoms with Gasteiger partial charge in [0.05, 0.1) is 5.69 Å². The quantitative estimate of drug-likeness (QED) is 0.669. The molecule has 4 aliphatic rings. The molecule has 0 aliphatic heterocycles. The molecule has 8 nitrogen and oxygen atoms in total. The van der Waals surface area contributed by atoms with Crippen molar-refractivity contribution < 1.29 is 9.59 Å². The highest BCUT2D eigenvalue weighted by atomic mass is 32.2. The smallest absolute Gasteiger partial charge is 0.321 e. The second kappa shape index (κ2) is 8.26. The standard InChI is InChI=1S/C22H28N6O2S/c1-14-2-4-18(5-3-14)28-21(25-26-27-28)31-7-6-19(29)23-20(30)24-22-11-15-8-16(12-22)10-17(9-15)13-22/h2-5,15-17H,6-13H2,1H3,(H2,23,24,29,30). The normalized spacial score (nSPS) is 28.5. The van der Waals surface area contributed by atoms with Gasteiger partial charge in [-0.1, -0.05) is 29.5 Å². The minimum Gasteiger partial charge on any atom is -0.332 e. The fourth-order valence-electron chi connectivity index (χ4n) is 6.08. The molecule has 6 rings (SSSR count). The first-order chi connectivity index (χ1) is 15.0. The monoisotopic (exact) mass is 440 g/mol. The van der Waals surface area contributed by atoms with Crippen LogP contribution in [0.1, 0.15) is 50.5 Å². The summed E-state index contributed by atoms with van der Waals surface area (Å²) in [6, 6.07) is 7.57. The highest BCUT2D eigenvalue weighted by Gasteiger charge is 2.51. The third kappa shape index (κ3) is 4.46. The molecule has 2 aromatic rings. The van der Waals surface area contributed by atoms with Gasteiger partial charge in [0.15, 0.2) is 0 Å². The first-order valence-electron chi connectivity index (χ1n) is 11.1. The molecule has 3 amide bonds. The molecule has 4 bridgehead atoms. The van der Waals surface area contributed by atoms with E-state index >= 15 is 0 Å². The van der Waals surface area contributed by atoms with Gasteiger partial charge in [-0.15, -0.1) is 5.10 Å². The molecule has 4 fully saturated rings. The van der Waals surface area contributed by atoms with Crippen molar-refractivity contribution in [1.29, 1.82) is 0 Å². The number of carbonyl (C=O) groups is 2. The molecule has 4 saturated carbocycles. The minimum absolute atomic E-state index is 0.0933. The molecular formula is C22H28N6O2S. The molecule has 0 atom stereocenters. The van der Waals surface area contributed by atoms with Crippen LogP contribution in [-0.2, 0) is 4.79 Å². The SMILES string of the molecule is Cc1ccc(-n2nnnc2SCCC(=O)NC(=O)NC23CC4CC(CC(C4)C2)C3)cc1. The van der Waals surface area contributed by atoms with Gasteiger partial charge < -0.3 is 5.32 Å². The van der Waals surface area contributed by atoms with Crippen molar-refractivity contribution in [3.05, 3.63) is 29.8 Å². The zero-order chi connectivity index (χ0) is 21.4. The van der Waals surface area contributed by atoms with Gasteiger partial charge in [0.1, 0.15) is 0 Å². The van der Waals surface area contributed by atoms with Gasteiger partial charge in [-0.05, 0) is 85.8 Å². The molecule has 0 saturated heterocycles. The lowest BCUT2D eigenvalue weighted by atomic mass is 9.53. The van der Waals surface area contributed by atoms with Gasteiger partial charge in [0, 0.05) is 17.7 Å². The number of urea groups is 1. The van der Waals surface area contributed by atoms with Crippen molar-refractivity contribution in [1.82, 2.24) is 30.8 Å². The summed E-state index contributed by atoms with van der Waals surface area (Å²) in [5, 5.41) is 18.2. The number of benzene rings is 1. The van der Waals surface area contributed by atoms with Crippen LogP contribution in [0.5, 0.6) is 0 Å². The van der Waals surface area contributed by atoms with Crippen molar-refractivity contribution in [2.75, 3.05) is 5.75 Å². The second-order valence-corrected chi connectivity index (χ2v) is 10.6. The number of carbonyl (C=O) groups excluding carboxylic acids is 2. The van der Waals surface area contributed by atoms with Crippen LogP contribution in [0.15, 0.2) is 29.4 Å². The molecule has 1 aromatic carbocycles. The Balaban J connectivity index is 1.10. The molecule has 0 radical (unpaired) electrons. The number of hydrogen-bond donors (Lipinski definition) is 2. The zero-order valence-electron chi connectivity index (χ0n) is 17.7. The maximum atomic E-state index is 12.5. The first kappa shape index (κ1) is 20.5. The van der Waals surface area contributed by atoms with E-state index in [1.54, 1.807) is 4.68 Å². The predicted molar refractivity (Wildman–Crippen MR) is 117 cm³/mol. The molecule has 2 N–H and O–H groups in total. The van der Waals surface area contributed by atoms with Gasteiger partial charge >= 0.3 is 6.03 Å². The molecule has 31 heavy (non-hydrogen) atoms. The molecule has 1 heterocycles. The van der Waals surface area contributed by atoms with Gasteiger partial charge in [-0.2, -0.15) is 4.68 Å². The summed E-state index contributed by atoms with van der Waals surface area (Å²) in [5.41, 5.74) is 1.94. The number of imide groups is 1. The van der Waals surface area contributed by atoms with E-state index in [9.17, 15) is 9.59 Å². The maximum Gasteiger partial charge on any atom is 0.321 e. The Hall–Kier alpha value is -2.42. The van der Waals surface area contributed by atoms with E-state index in [1.807, 2.05) is 31.2 Å². The van der Waals surface area contributed by atoms with Crippen LogP contribution in [0, 0.1) is 24.7 Å². The summed E-state index contributed by atoms with van der Waals surface area (Å²) < 4.78 is 1.65. The van der Waals surface area contributed by atoms with Gasteiger partial charge in [0.2, 0.25) is 11.1 Å². The van der Waals surface area contributed by atoms with Crippen molar-refractivity contribution in [2.24, 2.45) is 17.8 Å². The number of amides is 3. The van der Waals surface area contributed by atoms with Crippen LogP contribution >= 0.6 is 11.8 Å². The Labute approximate surface area is 185 Å². The number of nitrogens with zero attached hydrogens (tertiary/aromatic N) is 4. The summed E-state index contributed by atoms with van der Waals surface area (Å²) in [5.74, 6) is 2.46. The van der Waals surface area contributed by atoms with Crippen LogP contribution in [0.3, 0.4) is 0 Å². The number of aromatic nitrogens is 4. The zero-order valence-corrected chi connectivity index (χ0v) is 18.5. The third-order valence-electron chi connectivity index (χ3n) is 6.95. The van der Waals surface area contributed by atoms with E-state index in [0.717, 1.165) is 48.3 Å². The lowest BCUT2D eigenvalue weighted by molar-refractivity contribution is -0.119. The number of aryl methyl sites for hydroxylation is 1. The Kier molecular flexibility index (Phi) is 5.45. The Morgan fingerprint density at radius 3 is 2.39 bits per heavy atom. The highest BCUT2D eigenvalue weighted by molar-refractivity contribution is 7.99. The highest BCUT2D eigenvalue weighted by Crippen LogP contribution is 2.55. The van der Waals surface area contributed by atoms with Crippen LogP contribution in [0.25, 0.3) is 5.69 Å². The molecule has 9 heteroatoms. The summed E-state index contributed by atoms with van der Waals surface area (Å²) in [6.07, 6.45) is 7.39. The molecular weight excluding hydrogens is 412 g/mol. The third-order valence-corrected chi connectivity index (χ3v) is 7.87. The number of nitrogens with one attached hydrogen (secondary N) is 2. The minimum atomic E-state index is -0.346. The van der Waals surface area contributed by atoms with Gasteiger partial charge in [-0.25, -0.2) is 4.79 Å². The summed E-state index contributed by atoms with van der Waals surface area (Å²) >= 11 is 1.40. The summed E-state index contributed by atoms with van der Waals surface area (Å²) in [6.45, 7) is 2.02. The number of thioether (sulfide) groups is 1. The number of tetrazole rings is 1. The Morgan fingerprint density at radius 1 is 1.10 bits per heavy atom. The van der Waals surface area contributed by atoms with E-state index in [2.05, 4.69) is 26.2 Å². The summed E-state index contributed by atoms with van der Waals surface area (Å²) in [7, 11) is 0. The Bertz CT molecular complexity index is 937.